The molecular weight excluding hydrogens is 260 g/mol. The van der Waals surface area contributed by atoms with Crippen LogP contribution in [-0.4, -0.2) is 6.61 Å². The fourth-order valence-corrected chi connectivity index (χ4v) is 2.74. The van der Waals surface area contributed by atoms with E-state index in [1.807, 2.05) is 24.3 Å². The van der Waals surface area contributed by atoms with Gasteiger partial charge in [0.05, 0.1) is 6.61 Å². The standard InChI is InChI=1S/C16H15F2NO/c17-13-6-3-5-12(15(13)18)16(19)11-8-9-20-14-7-2-1-4-10(11)14/h1-7,11,16H,8-9,19H2. The van der Waals surface area contributed by atoms with Gasteiger partial charge in [-0.15, -0.1) is 0 Å². The zero-order chi connectivity index (χ0) is 14.1. The first-order valence-electron chi connectivity index (χ1n) is 6.59. The molecule has 2 N–H and O–H groups in total. The summed E-state index contributed by atoms with van der Waals surface area (Å²) in [4.78, 5) is 0. The fourth-order valence-electron chi connectivity index (χ4n) is 2.74. The van der Waals surface area contributed by atoms with E-state index in [9.17, 15) is 8.78 Å². The van der Waals surface area contributed by atoms with Crippen molar-refractivity contribution in [2.24, 2.45) is 5.73 Å². The van der Waals surface area contributed by atoms with Crippen molar-refractivity contribution in [1.29, 1.82) is 0 Å². The van der Waals surface area contributed by atoms with Gasteiger partial charge in [-0.1, -0.05) is 30.3 Å². The van der Waals surface area contributed by atoms with Gasteiger partial charge in [0.1, 0.15) is 5.75 Å². The summed E-state index contributed by atoms with van der Waals surface area (Å²) in [6.45, 7) is 0.534. The number of rotatable bonds is 2. The quantitative estimate of drug-likeness (QED) is 0.910. The van der Waals surface area contributed by atoms with Crippen LogP contribution >= 0.6 is 0 Å². The Hall–Kier alpha value is -1.94. The molecule has 0 amide bonds. The van der Waals surface area contributed by atoms with Crippen LogP contribution in [0.3, 0.4) is 0 Å². The van der Waals surface area contributed by atoms with Gasteiger partial charge >= 0.3 is 0 Å². The lowest BCUT2D eigenvalue weighted by Gasteiger charge is -2.30. The molecule has 1 aliphatic rings. The van der Waals surface area contributed by atoms with Gasteiger partial charge in [-0.05, 0) is 24.1 Å². The Kier molecular flexibility index (Phi) is 3.40. The molecule has 0 spiro atoms. The van der Waals surface area contributed by atoms with Crippen LogP contribution in [0.4, 0.5) is 8.78 Å². The minimum atomic E-state index is -0.863. The summed E-state index contributed by atoms with van der Waals surface area (Å²) in [5.41, 5.74) is 7.36. The molecule has 0 radical (unpaired) electrons. The maximum atomic E-state index is 13.9. The van der Waals surface area contributed by atoms with E-state index in [4.69, 9.17) is 10.5 Å². The Balaban J connectivity index is 2.00. The molecule has 0 aromatic heterocycles. The topological polar surface area (TPSA) is 35.2 Å². The van der Waals surface area contributed by atoms with Crippen LogP contribution in [0.25, 0.3) is 0 Å². The number of nitrogens with two attached hydrogens (primary N) is 1. The van der Waals surface area contributed by atoms with Gasteiger partial charge in [0.25, 0.3) is 0 Å². The van der Waals surface area contributed by atoms with Crippen molar-refractivity contribution in [3.63, 3.8) is 0 Å². The van der Waals surface area contributed by atoms with E-state index in [2.05, 4.69) is 0 Å². The summed E-state index contributed by atoms with van der Waals surface area (Å²) in [6.07, 6.45) is 0.689. The average molecular weight is 275 g/mol. The predicted octanol–water partition coefficient (Wildman–Crippen LogP) is 3.53. The molecule has 0 fully saturated rings. The minimum absolute atomic E-state index is 0.0729. The maximum Gasteiger partial charge on any atom is 0.163 e. The van der Waals surface area contributed by atoms with Crippen molar-refractivity contribution in [2.75, 3.05) is 6.61 Å². The van der Waals surface area contributed by atoms with Crippen LogP contribution in [0.1, 0.15) is 29.5 Å². The smallest absolute Gasteiger partial charge is 0.163 e. The first-order chi connectivity index (χ1) is 9.68. The van der Waals surface area contributed by atoms with Crippen LogP contribution in [0.15, 0.2) is 42.5 Å². The van der Waals surface area contributed by atoms with E-state index >= 15 is 0 Å². The lowest BCUT2D eigenvalue weighted by atomic mass is 9.83. The Morgan fingerprint density at radius 2 is 1.90 bits per heavy atom. The Morgan fingerprint density at radius 3 is 2.75 bits per heavy atom. The molecule has 1 aliphatic heterocycles. The van der Waals surface area contributed by atoms with Crippen LogP contribution < -0.4 is 10.5 Å². The summed E-state index contributed by atoms with van der Waals surface area (Å²) >= 11 is 0. The van der Waals surface area contributed by atoms with Crippen molar-refractivity contribution < 1.29 is 13.5 Å². The second kappa shape index (κ2) is 5.21. The molecule has 20 heavy (non-hydrogen) atoms. The van der Waals surface area contributed by atoms with Crippen molar-refractivity contribution in [3.8, 4) is 5.75 Å². The molecule has 0 bridgehead atoms. The Morgan fingerprint density at radius 1 is 1.10 bits per heavy atom. The molecule has 2 aromatic rings. The number of hydrogen-bond donors (Lipinski definition) is 1. The first-order valence-corrected chi connectivity index (χ1v) is 6.59. The average Bonchev–Trinajstić information content (AvgIpc) is 2.49. The van der Waals surface area contributed by atoms with E-state index in [1.54, 1.807) is 6.07 Å². The Bertz CT molecular complexity index is 630. The maximum absolute atomic E-state index is 13.9. The number of benzene rings is 2. The monoisotopic (exact) mass is 275 g/mol. The van der Waals surface area contributed by atoms with E-state index in [-0.39, 0.29) is 11.5 Å². The molecule has 0 saturated carbocycles. The zero-order valence-corrected chi connectivity index (χ0v) is 10.9. The normalized spacial score (nSPS) is 19.1. The molecule has 2 unspecified atom stereocenters. The van der Waals surface area contributed by atoms with Crippen LogP contribution in [-0.2, 0) is 0 Å². The molecule has 0 aliphatic carbocycles. The van der Waals surface area contributed by atoms with E-state index in [0.29, 0.717) is 13.0 Å². The van der Waals surface area contributed by atoms with Gasteiger partial charge in [0.15, 0.2) is 11.6 Å². The van der Waals surface area contributed by atoms with Crippen LogP contribution in [0, 0.1) is 11.6 Å². The number of fused-ring (bicyclic) bond motifs is 1. The van der Waals surface area contributed by atoms with Crippen molar-refractivity contribution in [2.45, 2.75) is 18.4 Å². The molecule has 2 nitrogen and oxygen atoms in total. The van der Waals surface area contributed by atoms with Crippen LogP contribution in [0.5, 0.6) is 5.75 Å². The fraction of sp³-hybridized carbons (Fsp3) is 0.250. The number of halogens is 2. The van der Waals surface area contributed by atoms with Crippen molar-refractivity contribution in [3.05, 3.63) is 65.2 Å². The second-order valence-corrected chi connectivity index (χ2v) is 4.95. The highest BCUT2D eigenvalue weighted by atomic mass is 19.2. The number of para-hydroxylation sites is 1. The minimum Gasteiger partial charge on any atom is -0.493 e. The summed E-state index contributed by atoms with van der Waals surface area (Å²) in [5, 5.41) is 0. The third-order valence-electron chi connectivity index (χ3n) is 3.78. The third kappa shape index (κ3) is 2.16. The molecule has 0 saturated heterocycles. The van der Waals surface area contributed by atoms with Gasteiger partial charge in [-0.25, -0.2) is 8.78 Å². The Labute approximate surface area is 116 Å². The van der Waals surface area contributed by atoms with Gasteiger partial charge < -0.3 is 10.5 Å². The first kappa shape index (κ1) is 13.1. The summed E-state index contributed by atoms with van der Waals surface area (Å²) in [5.74, 6) is -1.02. The predicted molar refractivity (Wildman–Crippen MR) is 72.6 cm³/mol. The highest BCUT2D eigenvalue weighted by Crippen LogP contribution is 2.40. The largest absolute Gasteiger partial charge is 0.493 e. The van der Waals surface area contributed by atoms with Crippen molar-refractivity contribution >= 4 is 0 Å². The SMILES string of the molecule is NC(c1cccc(F)c1F)C1CCOc2ccccc21. The molecule has 4 heteroatoms. The summed E-state index contributed by atoms with van der Waals surface area (Å²) in [7, 11) is 0. The van der Waals surface area contributed by atoms with Crippen LogP contribution in [0.2, 0.25) is 0 Å². The molecule has 104 valence electrons. The summed E-state index contributed by atoms with van der Waals surface area (Å²) in [6, 6.07) is 11.1. The van der Waals surface area contributed by atoms with Gasteiger partial charge in [-0.3, -0.25) is 0 Å². The lowest BCUT2D eigenvalue weighted by molar-refractivity contribution is 0.254. The zero-order valence-electron chi connectivity index (χ0n) is 10.9. The second-order valence-electron chi connectivity index (χ2n) is 4.95. The molecule has 1 heterocycles. The lowest BCUT2D eigenvalue weighted by Crippen LogP contribution is -2.26. The van der Waals surface area contributed by atoms with E-state index in [0.717, 1.165) is 17.4 Å². The van der Waals surface area contributed by atoms with Gasteiger partial charge in [0, 0.05) is 17.5 Å². The summed E-state index contributed by atoms with van der Waals surface area (Å²) < 4.78 is 32.8. The molecule has 2 aromatic carbocycles. The molecular formula is C16H15F2NO. The van der Waals surface area contributed by atoms with E-state index in [1.165, 1.54) is 6.07 Å². The van der Waals surface area contributed by atoms with Gasteiger partial charge in [-0.2, -0.15) is 0 Å². The third-order valence-corrected chi connectivity index (χ3v) is 3.78. The number of hydrogen-bond acceptors (Lipinski definition) is 2. The molecule has 2 atom stereocenters. The highest BCUT2D eigenvalue weighted by Gasteiger charge is 2.29. The van der Waals surface area contributed by atoms with E-state index < -0.39 is 17.7 Å². The molecule has 3 rings (SSSR count). The van der Waals surface area contributed by atoms with Gasteiger partial charge in [0.2, 0.25) is 0 Å². The van der Waals surface area contributed by atoms with Crippen molar-refractivity contribution in [1.82, 2.24) is 0 Å². The highest BCUT2D eigenvalue weighted by molar-refractivity contribution is 5.40. The number of ether oxygens (including phenoxy) is 1.